The SMILES string of the molecule is Cc1ccc(S(=O)(=O)N(C)c2ccc(C(=O)NCCOc3cccc(C)c3)cc2)cc1. The molecule has 0 aromatic heterocycles. The van der Waals surface area contributed by atoms with Crippen molar-refractivity contribution in [3.8, 4) is 5.75 Å². The summed E-state index contributed by atoms with van der Waals surface area (Å²) in [6.07, 6.45) is 0. The van der Waals surface area contributed by atoms with Crippen LogP contribution in [0.3, 0.4) is 0 Å². The number of nitrogens with one attached hydrogen (secondary N) is 1. The van der Waals surface area contributed by atoms with Crippen LogP contribution in [0.15, 0.2) is 77.7 Å². The monoisotopic (exact) mass is 438 g/mol. The van der Waals surface area contributed by atoms with Crippen LogP contribution in [-0.2, 0) is 10.0 Å². The molecule has 1 N–H and O–H groups in total. The maximum absolute atomic E-state index is 12.8. The van der Waals surface area contributed by atoms with Gasteiger partial charge in [0.1, 0.15) is 12.4 Å². The number of rotatable bonds is 8. The molecule has 3 aromatic rings. The molecule has 0 saturated carbocycles. The Kier molecular flexibility index (Phi) is 6.97. The topological polar surface area (TPSA) is 75.7 Å². The number of carbonyl (C=O) groups excluding carboxylic acids is 1. The lowest BCUT2D eigenvalue weighted by Gasteiger charge is -2.20. The van der Waals surface area contributed by atoms with Gasteiger partial charge in [-0.1, -0.05) is 29.8 Å². The van der Waals surface area contributed by atoms with Gasteiger partial charge in [0.05, 0.1) is 17.1 Å². The lowest BCUT2D eigenvalue weighted by atomic mass is 10.2. The quantitative estimate of drug-likeness (QED) is 0.541. The van der Waals surface area contributed by atoms with Gasteiger partial charge in [-0.15, -0.1) is 0 Å². The second-order valence-electron chi connectivity index (χ2n) is 7.25. The number of ether oxygens (including phenoxy) is 1. The molecule has 0 aliphatic heterocycles. The van der Waals surface area contributed by atoms with Crippen LogP contribution in [0.1, 0.15) is 21.5 Å². The molecule has 0 heterocycles. The third kappa shape index (κ3) is 5.64. The van der Waals surface area contributed by atoms with Crippen molar-refractivity contribution in [3.05, 3.63) is 89.5 Å². The molecule has 0 fully saturated rings. The lowest BCUT2D eigenvalue weighted by molar-refractivity contribution is 0.0947. The van der Waals surface area contributed by atoms with Gasteiger partial charge >= 0.3 is 0 Å². The highest BCUT2D eigenvalue weighted by molar-refractivity contribution is 7.92. The first-order valence-corrected chi connectivity index (χ1v) is 11.3. The number of aryl methyl sites for hydroxylation is 2. The average Bonchev–Trinajstić information content (AvgIpc) is 2.76. The molecule has 3 rings (SSSR count). The summed E-state index contributed by atoms with van der Waals surface area (Å²) in [7, 11) is -2.18. The predicted molar refractivity (Wildman–Crippen MR) is 122 cm³/mol. The van der Waals surface area contributed by atoms with E-state index in [2.05, 4.69) is 5.32 Å². The van der Waals surface area contributed by atoms with Gasteiger partial charge in [0.2, 0.25) is 0 Å². The van der Waals surface area contributed by atoms with Crippen molar-refractivity contribution in [1.29, 1.82) is 0 Å². The van der Waals surface area contributed by atoms with Gasteiger partial charge in [-0.25, -0.2) is 8.42 Å². The fourth-order valence-corrected chi connectivity index (χ4v) is 4.17. The van der Waals surface area contributed by atoms with Crippen molar-refractivity contribution in [1.82, 2.24) is 5.32 Å². The number of hydrogen-bond donors (Lipinski definition) is 1. The van der Waals surface area contributed by atoms with Crippen LogP contribution in [0, 0.1) is 13.8 Å². The summed E-state index contributed by atoms with van der Waals surface area (Å²) in [5, 5.41) is 2.80. The van der Waals surface area contributed by atoms with Crippen molar-refractivity contribution >= 4 is 21.6 Å². The molecule has 0 saturated heterocycles. The molecule has 0 radical (unpaired) electrons. The predicted octanol–water partition coefficient (Wildman–Crippen LogP) is 3.94. The van der Waals surface area contributed by atoms with Crippen LogP contribution < -0.4 is 14.4 Å². The zero-order valence-corrected chi connectivity index (χ0v) is 18.6. The second kappa shape index (κ2) is 9.66. The number of nitrogens with zero attached hydrogens (tertiary/aromatic N) is 1. The molecule has 0 aliphatic rings. The Bertz CT molecular complexity index is 1140. The summed E-state index contributed by atoms with van der Waals surface area (Å²) >= 11 is 0. The molecule has 7 heteroatoms. The zero-order chi connectivity index (χ0) is 22.4. The molecule has 162 valence electrons. The van der Waals surface area contributed by atoms with E-state index in [0.29, 0.717) is 24.4 Å². The van der Waals surface area contributed by atoms with E-state index in [1.165, 1.54) is 11.4 Å². The number of hydrogen-bond acceptors (Lipinski definition) is 4. The molecule has 1 amide bonds. The van der Waals surface area contributed by atoms with Crippen LogP contribution in [0.5, 0.6) is 5.75 Å². The molecule has 0 bridgehead atoms. The minimum absolute atomic E-state index is 0.219. The molecule has 6 nitrogen and oxygen atoms in total. The third-order valence-corrected chi connectivity index (χ3v) is 6.62. The van der Waals surface area contributed by atoms with Crippen LogP contribution in [-0.4, -0.2) is 34.5 Å². The number of amides is 1. The summed E-state index contributed by atoms with van der Waals surface area (Å²) < 4.78 is 32.4. The Hall–Kier alpha value is -3.32. The fraction of sp³-hybridized carbons (Fsp3) is 0.208. The van der Waals surface area contributed by atoms with Crippen LogP contribution in [0.25, 0.3) is 0 Å². The maximum atomic E-state index is 12.8. The first kappa shape index (κ1) is 22.4. The van der Waals surface area contributed by atoms with E-state index in [4.69, 9.17) is 4.74 Å². The number of sulfonamides is 1. The third-order valence-electron chi connectivity index (χ3n) is 4.82. The Morgan fingerprint density at radius 2 is 1.61 bits per heavy atom. The number of carbonyl (C=O) groups is 1. The van der Waals surface area contributed by atoms with Crippen molar-refractivity contribution in [2.45, 2.75) is 18.7 Å². The Labute approximate surface area is 183 Å². The van der Waals surface area contributed by atoms with E-state index in [1.807, 2.05) is 38.1 Å². The van der Waals surface area contributed by atoms with E-state index >= 15 is 0 Å². The normalized spacial score (nSPS) is 11.1. The summed E-state index contributed by atoms with van der Waals surface area (Å²) in [5.41, 5.74) is 3.01. The average molecular weight is 439 g/mol. The molecule has 0 unspecified atom stereocenters. The van der Waals surface area contributed by atoms with Crippen LogP contribution >= 0.6 is 0 Å². The zero-order valence-electron chi connectivity index (χ0n) is 17.8. The molecular weight excluding hydrogens is 412 g/mol. The molecular formula is C24H26N2O4S. The lowest BCUT2D eigenvalue weighted by Crippen LogP contribution is -2.28. The summed E-state index contributed by atoms with van der Waals surface area (Å²) in [4.78, 5) is 12.6. The largest absolute Gasteiger partial charge is 0.492 e. The van der Waals surface area contributed by atoms with Crippen molar-refractivity contribution in [2.75, 3.05) is 24.5 Å². The van der Waals surface area contributed by atoms with Gasteiger partial charge in [-0.2, -0.15) is 0 Å². The minimum Gasteiger partial charge on any atom is -0.492 e. The van der Waals surface area contributed by atoms with Gasteiger partial charge < -0.3 is 10.1 Å². The van der Waals surface area contributed by atoms with E-state index in [9.17, 15) is 13.2 Å². The van der Waals surface area contributed by atoms with E-state index in [1.54, 1.807) is 48.5 Å². The van der Waals surface area contributed by atoms with Gasteiger partial charge in [0, 0.05) is 12.6 Å². The number of benzene rings is 3. The Morgan fingerprint density at radius 3 is 2.26 bits per heavy atom. The summed E-state index contributed by atoms with van der Waals surface area (Å²) in [6.45, 7) is 4.60. The molecule has 0 atom stereocenters. The van der Waals surface area contributed by atoms with Gasteiger partial charge in [-0.3, -0.25) is 9.10 Å². The highest BCUT2D eigenvalue weighted by atomic mass is 32.2. The first-order valence-electron chi connectivity index (χ1n) is 9.91. The molecule has 0 spiro atoms. The molecule has 3 aromatic carbocycles. The summed E-state index contributed by atoms with van der Waals surface area (Å²) in [6, 6.07) is 20.8. The number of anilines is 1. The second-order valence-corrected chi connectivity index (χ2v) is 9.22. The van der Waals surface area contributed by atoms with Crippen molar-refractivity contribution in [3.63, 3.8) is 0 Å². The van der Waals surface area contributed by atoms with E-state index in [-0.39, 0.29) is 10.8 Å². The van der Waals surface area contributed by atoms with Gasteiger partial charge in [-0.05, 0) is 67.9 Å². The molecule has 31 heavy (non-hydrogen) atoms. The Balaban J connectivity index is 1.57. The molecule has 0 aliphatic carbocycles. The van der Waals surface area contributed by atoms with Gasteiger partial charge in [0.15, 0.2) is 0 Å². The maximum Gasteiger partial charge on any atom is 0.264 e. The smallest absolute Gasteiger partial charge is 0.264 e. The van der Waals surface area contributed by atoms with Gasteiger partial charge in [0.25, 0.3) is 15.9 Å². The highest BCUT2D eigenvalue weighted by Gasteiger charge is 2.21. The fourth-order valence-electron chi connectivity index (χ4n) is 2.97. The van der Waals surface area contributed by atoms with Crippen LogP contribution in [0.4, 0.5) is 5.69 Å². The van der Waals surface area contributed by atoms with Crippen molar-refractivity contribution in [2.24, 2.45) is 0 Å². The minimum atomic E-state index is -3.67. The van der Waals surface area contributed by atoms with Crippen LogP contribution in [0.2, 0.25) is 0 Å². The van der Waals surface area contributed by atoms with E-state index < -0.39 is 10.0 Å². The summed E-state index contributed by atoms with van der Waals surface area (Å²) in [5.74, 6) is 0.514. The first-order chi connectivity index (χ1) is 14.8. The van der Waals surface area contributed by atoms with E-state index in [0.717, 1.165) is 16.9 Å². The van der Waals surface area contributed by atoms with Crippen molar-refractivity contribution < 1.29 is 17.9 Å². The standard InChI is InChI=1S/C24H26N2O4S/c1-18-7-13-23(14-8-18)31(28,29)26(3)21-11-9-20(10-12-21)24(27)25-15-16-30-22-6-4-5-19(2)17-22/h4-14,17H,15-16H2,1-3H3,(H,25,27). The Morgan fingerprint density at radius 1 is 0.935 bits per heavy atom. The highest BCUT2D eigenvalue weighted by Crippen LogP contribution is 2.22.